The number of hydrogen-bond donors (Lipinski definition) is 1. The molecule has 25 heavy (non-hydrogen) atoms. The third-order valence-electron chi connectivity index (χ3n) is 4.92. The Hall–Kier alpha value is -1.72. The zero-order chi connectivity index (χ0) is 19.1. The highest BCUT2D eigenvalue weighted by Crippen LogP contribution is 2.24. The lowest BCUT2D eigenvalue weighted by atomic mass is 9.98. The minimum atomic E-state index is -0.509. The Bertz CT molecular complexity index is 504. The summed E-state index contributed by atoms with van der Waals surface area (Å²) in [7, 11) is 1.66. The van der Waals surface area contributed by atoms with Crippen LogP contribution in [0, 0.1) is 17.2 Å². The van der Waals surface area contributed by atoms with Gasteiger partial charge in [0.1, 0.15) is 6.04 Å². The van der Waals surface area contributed by atoms with Crippen LogP contribution >= 0.6 is 0 Å². The first-order valence-electron chi connectivity index (χ1n) is 9.32. The monoisotopic (exact) mass is 351 g/mol. The molecule has 1 N–H and O–H groups in total. The molecule has 0 unspecified atom stereocenters. The molecule has 1 aliphatic heterocycles. The van der Waals surface area contributed by atoms with Gasteiger partial charge in [-0.25, -0.2) is 0 Å². The van der Waals surface area contributed by atoms with Gasteiger partial charge >= 0.3 is 0 Å². The Labute approximate surface area is 151 Å². The molecule has 6 nitrogen and oxygen atoms in total. The van der Waals surface area contributed by atoms with Crippen molar-refractivity contribution in [1.29, 1.82) is 5.41 Å². The molecule has 0 spiro atoms. The van der Waals surface area contributed by atoms with Crippen LogP contribution in [0.25, 0.3) is 0 Å². The predicted octanol–water partition coefficient (Wildman–Crippen LogP) is 2.51. The fourth-order valence-electron chi connectivity index (χ4n) is 3.52. The number of ketones is 1. The molecule has 0 aliphatic carbocycles. The first kappa shape index (κ1) is 21.3. The van der Waals surface area contributed by atoms with Crippen LogP contribution in [0.1, 0.15) is 59.8 Å². The molecule has 6 heteroatoms. The van der Waals surface area contributed by atoms with Crippen molar-refractivity contribution in [3.05, 3.63) is 0 Å². The van der Waals surface area contributed by atoms with E-state index in [4.69, 9.17) is 5.41 Å². The molecule has 2 amide bonds. The molecule has 0 bridgehead atoms. The maximum absolute atomic E-state index is 13.0. The second-order valence-electron chi connectivity index (χ2n) is 7.46. The number of rotatable bonds is 9. The quantitative estimate of drug-likeness (QED) is 0.648. The summed E-state index contributed by atoms with van der Waals surface area (Å²) in [5.74, 6) is -0.472. The van der Waals surface area contributed by atoms with Gasteiger partial charge in [0, 0.05) is 19.8 Å². The van der Waals surface area contributed by atoms with Crippen molar-refractivity contribution in [3.8, 4) is 0 Å². The smallest absolute Gasteiger partial charge is 0.245 e. The molecule has 1 fully saturated rings. The van der Waals surface area contributed by atoms with Crippen molar-refractivity contribution in [2.24, 2.45) is 11.8 Å². The van der Waals surface area contributed by atoms with E-state index in [0.29, 0.717) is 31.7 Å². The van der Waals surface area contributed by atoms with Crippen LogP contribution in [0.15, 0.2) is 0 Å². The fraction of sp³-hybridized carbons (Fsp3) is 0.789. The van der Waals surface area contributed by atoms with E-state index in [9.17, 15) is 14.4 Å². The number of carbonyl (C=O) groups is 3. The number of hydrogen-bond acceptors (Lipinski definition) is 4. The predicted molar refractivity (Wildman–Crippen MR) is 98.6 cm³/mol. The van der Waals surface area contributed by atoms with E-state index in [1.807, 2.05) is 20.8 Å². The molecule has 142 valence electrons. The molecule has 0 saturated carbocycles. The van der Waals surface area contributed by atoms with E-state index >= 15 is 0 Å². The van der Waals surface area contributed by atoms with Crippen molar-refractivity contribution >= 4 is 23.8 Å². The van der Waals surface area contributed by atoms with Gasteiger partial charge < -0.3 is 15.2 Å². The normalized spacial score (nSPS) is 19.6. The van der Waals surface area contributed by atoms with E-state index in [0.717, 1.165) is 12.8 Å². The number of amides is 2. The van der Waals surface area contributed by atoms with Gasteiger partial charge in [0.05, 0.1) is 12.0 Å². The molecular formula is C19H33N3O3. The van der Waals surface area contributed by atoms with E-state index in [1.165, 1.54) is 18.0 Å². The van der Waals surface area contributed by atoms with Crippen LogP contribution in [-0.4, -0.2) is 59.3 Å². The topological polar surface area (TPSA) is 81.5 Å². The van der Waals surface area contributed by atoms with Gasteiger partial charge in [-0.15, -0.1) is 0 Å². The Morgan fingerprint density at radius 3 is 2.44 bits per heavy atom. The van der Waals surface area contributed by atoms with Gasteiger partial charge in [-0.3, -0.25) is 14.4 Å². The van der Waals surface area contributed by atoms with Crippen molar-refractivity contribution in [1.82, 2.24) is 9.80 Å². The molecule has 1 saturated heterocycles. The first-order valence-corrected chi connectivity index (χ1v) is 9.32. The SMILES string of the molecule is CCC[C@H](C=N)C(=O)N1CCC[C@H]1C(=O)N(C)[C@H](CC(C)C)C(C)=O. The second-order valence-corrected chi connectivity index (χ2v) is 7.46. The fourth-order valence-corrected chi connectivity index (χ4v) is 3.52. The molecule has 0 aromatic carbocycles. The molecule has 3 atom stereocenters. The summed E-state index contributed by atoms with van der Waals surface area (Å²) in [5.41, 5.74) is 0. The molecule has 0 aromatic heterocycles. The van der Waals surface area contributed by atoms with Gasteiger partial charge in [-0.1, -0.05) is 27.2 Å². The molecule has 0 radical (unpaired) electrons. The molecule has 1 rings (SSSR count). The Morgan fingerprint density at radius 2 is 1.96 bits per heavy atom. The summed E-state index contributed by atoms with van der Waals surface area (Å²) in [6.07, 6.45) is 4.65. The highest BCUT2D eigenvalue weighted by atomic mass is 16.2. The highest BCUT2D eigenvalue weighted by Gasteiger charge is 2.39. The zero-order valence-electron chi connectivity index (χ0n) is 16.2. The molecular weight excluding hydrogens is 318 g/mol. The summed E-state index contributed by atoms with van der Waals surface area (Å²) in [5, 5.41) is 7.50. The van der Waals surface area contributed by atoms with Gasteiger partial charge in [0.15, 0.2) is 5.78 Å². The van der Waals surface area contributed by atoms with Gasteiger partial charge in [-0.2, -0.15) is 0 Å². The third-order valence-corrected chi connectivity index (χ3v) is 4.92. The van der Waals surface area contributed by atoms with E-state index in [2.05, 4.69) is 0 Å². The standard InChI is InChI=1S/C19H33N3O3/c1-6-8-15(12-20)18(24)22-10-7-9-16(22)19(25)21(5)17(14(4)23)11-13(2)3/h12-13,15-17,20H,6-11H2,1-5H3/t15-,16+,17-/m1/s1. The number of nitrogens with zero attached hydrogens (tertiary/aromatic N) is 2. The molecule has 1 heterocycles. The third kappa shape index (κ3) is 5.38. The largest absolute Gasteiger partial charge is 0.334 e. The summed E-state index contributed by atoms with van der Waals surface area (Å²) in [4.78, 5) is 40.8. The van der Waals surface area contributed by atoms with Crippen molar-refractivity contribution in [3.63, 3.8) is 0 Å². The highest BCUT2D eigenvalue weighted by molar-refractivity contribution is 5.97. The lowest BCUT2D eigenvalue weighted by molar-refractivity contribution is -0.147. The van der Waals surface area contributed by atoms with Crippen LogP contribution in [0.5, 0.6) is 0 Å². The van der Waals surface area contributed by atoms with Gasteiger partial charge in [0.25, 0.3) is 0 Å². The maximum atomic E-state index is 13.0. The lowest BCUT2D eigenvalue weighted by Crippen LogP contribution is -2.52. The summed E-state index contributed by atoms with van der Waals surface area (Å²) in [6, 6.07) is -0.954. The van der Waals surface area contributed by atoms with E-state index in [1.54, 1.807) is 11.9 Å². The minimum Gasteiger partial charge on any atom is -0.334 e. The molecule has 0 aromatic rings. The van der Waals surface area contributed by atoms with Crippen molar-refractivity contribution in [2.75, 3.05) is 13.6 Å². The lowest BCUT2D eigenvalue weighted by Gasteiger charge is -2.33. The number of likely N-dealkylation sites (tertiary alicyclic amines) is 1. The summed E-state index contributed by atoms with van der Waals surface area (Å²) in [6.45, 7) is 8.10. The van der Waals surface area contributed by atoms with Crippen LogP contribution in [0.2, 0.25) is 0 Å². The van der Waals surface area contributed by atoms with Gasteiger partial charge in [-0.05, 0) is 38.5 Å². The summed E-state index contributed by atoms with van der Waals surface area (Å²) >= 11 is 0. The van der Waals surface area contributed by atoms with Crippen LogP contribution in [-0.2, 0) is 14.4 Å². The van der Waals surface area contributed by atoms with Crippen LogP contribution < -0.4 is 0 Å². The van der Waals surface area contributed by atoms with Crippen LogP contribution in [0.4, 0.5) is 0 Å². The second kappa shape index (κ2) is 9.68. The minimum absolute atomic E-state index is 0.0243. The Morgan fingerprint density at radius 1 is 1.32 bits per heavy atom. The Balaban J connectivity index is 2.92. The first-order chi connectivity index (χ1) is 11.7. The average molecular weight is 351 g/mol. The molecule has 1 aliphatic rings. The van der Waals surface area contributed by atoms with Crippen LogP contribution in [0.3, 0.4) is 0 Å². The van der Waals surface area contributed by atoms with E-state index < -0.39 is 18.0 Å². The number of likely N-dealkylation sites (N-methyl/N-ethyl adjacent to an activating group) is 1. The number of carbonyl (C=O) groups excluding carboxylic acids is 3. The van der Waals surface area contributed by atoms with E-state index in [-0.39, 0.29) is 17.6 Å². The van der Waals surface area contributed by atoms with Crippen molar-refractivity contribution in [2.45, 2.75) is 71.9 Å². The number of nitrogens with one attached hydrogen (secondary N) is 1. The number of Topliss-reactive ketones (excluding diaryl/α,β-unsaturated/α-hetero) is 1. The average Bonchev–Trinajstić information content (AvgIpc) is 3.04. The maximum Gasteiger partial charge on any atom is 0.245 e. The van der Waals surface area contributed by atoms with Gasteiger partial charge in [0.2, 0.25) is 11.8 Å². The Kier molecular flexibility index (Phi) is 8.26. The zero-order valence-corrected chi connectivity index (χ0v) is 16.2. The van der Waals surface area contributed by atoms with Crippen molar-refractivity contribution < 1.29 is 14.4 Å². The summed E-state index contributed by atoms with van der Waals surface area (Å²) < 4.78 is 0.